The molecule has 1 saturated heterocycles. The number of aryl methyl sites for hydroxylation is 1. The third-order valence-electron chi connectivity index (χ3n) is 6.52. The monoisotopic (exact) mass is 594 g/mol. The molecule has 1 aromatic heterocycles. The number of thiazole rings is 1. The van der Waals surface area contributed by atoms with Crippen LogP contribution in [0.25, 0.3) is 10.2 Å². The first-order valence-corrected chi connectivity index (χ1v) is 16.0. The summed E-state index contributed by atoms with van der Waals surface area (Å²) < 4.78 is 58.3. The Hall–Kier alpha value is -2.91. The van der Waals surface area contributed by atoms with Crippen molar-refractivity contribution in [1.82, 2.24) is 8.87 Å². The number of sulfonamides is 2. The Kier molecular flexibility index (Phi) is 8.42. The Labute approximate surface area is 231 Å². The minimum atomic E-state index is -3.95. The van der Waals surface area contributed by atoms with E-state index in [4.69, 9.17) is 9.88 Å². The molecule has 210 valence electrons. The molecule has 1 fully saturated rings. The Bertz CT molecular complexity index is 1680. The molecule has 3 aromatic rings. The quantitative estimate of drug-likeness (QED) is 0.411. The molecular weight excluding hydrogens is 564 g/mol. The van der Waals surface area contributed by atoms with Gasteiger partial charge in [0.15, 0.2) is 4.80 Å². The van der Waals surface area contributed by atoms with Crippen LogP contribution in [-0.4, -0.2) is 57.8 Å². The van der Waals surface area contributed by atoms with Gasteiger partial charge in [0.1, 0.15) is 0 Å². The molecule has 2 N–H and O–H groups in total. The molecule has 0 aliphatic carbocycles. The summed E-state index contributed by atoms with van der Waals surface area (Å²) in [7, 11) is -6.39. The predicted molar refractivity (Wildman–Crippen MR) is 146 cm³/mol. The standard InChI is InChI=1S/C25H30N4O7S3/c1-16-12-17(2)15-28(14-16)39(34,35)19-6-4-18(5-7-19)24(31)27-25-29(11-10-23(30)36-3)21-9-8-20(38(26,32)33)13-22(21)37-25/h4-9,13,16-17H,10-12,14-15H2,1-3H3,(H2,26,32,33). The lowest BCUT2D eigenvalue weighted by atomic mass is 9.94. The molecule has 2 aromatic carbocycles. The zero-order valence-corrected chi connectivity index (χ0v) is 24.2. The molecule has 2 unspecified atom stereocenters. The average Bonchev–Trinajstić information content (AvgIpc) is 3.22. The van der Waals surface area contributed by atoms with Crippen LogP contribution in [0.3, 0.4) is 0 Å². The highest BCUT2D eigenvalue weighted by Gasteiger charge is 2.31. The van der Waals surface area contributed by atoms with Gasteiger partial charge in [-0.15, -0.1) is 0 Å². The maximum absolute atomic E-state index is 13.2. The van der Waals surface area contributed by atoms with Crippen molar-refractivity contribution >= 4 is 53.5 Å². The van der Waals surface area contributed by atoms with Crippen LogP contribution >= 0.6 is 11.3 Å². The number of nitrogens with zero attached hydrogens (tertiary/aromatic N) is 3. The van der Waals surface area contributed by atoms with Crippen molar-refractivity contribution in [1.29, 1.82) is 0 Å². The van der Waals surface area contributed by atoms with E-state index in [0.29, 0.717) is 23.3 Å². The SMILES string of the molecule is COC(=O)CCn1c(=NC(=O)c2ccc(S(=O)(=O)N3CC(C)CC(C)C3)cc2)sc2cc(S(N)(=O)=O)ccc21. The zero-order chi connectivity index (χ0) is 28.5. The lowest BCUT2D eigenvalue weighted by Gasteiger charge is -2.34. The average molecular weight is 595 g/mol. The third-order valence-corrected chi connectivity index (χ3v) is 10.3. The van der Waals surface area contributed by atoms with Crippen molar-refractivity contribution < 1.29 is 31.2 Å². The summed E-state index contributed by atoms with van der Waals surface area (Å²) in [5.74, 6) is -0.563. The first-order valence-electron chi connectivity index (χ1n) is 12.2. The molecule has 1 amide bonds. The van der Waals surface area contributed by atoms with E-state index in [1.807, 2.05) is 13.8 Å². The van der Waals surface area contributed by atoms with Crippen LogP contribution in [0.5, 0.6) is 0 Å². The Morgan fingerprint density at radius 2 is 1.64 bits per heavy atom. The molecule has 2 atom stereocenters. The van der Waals surface area contributed by atoms with Crippen molar-refractivity contribution in [2.45, 2.75) is 43.0 Å². The number of nitrogens with two attached hydrogens (primary N) is 1. The summed E-state index contributed by atoms with van der Waals surface area (Å²) in [6, 6.07) is 9.89. The van der Waals surface area contributed by atoms with Crippen molar-refractivity contribution in [3.05, 3.63) is 52.8 Å². The van der Waals surface area contributed by atoms with Gasteiger partial charge < -0.3 is 9.30 Å². The molecule has 0 spiro atoms. The molecule has 0 bridgehead atoms. The molecule has 1 aliphatic rings. The number of rotatable bonds is 7. The fraction of sp³-hybridized carbons (Fsp3) is 0.400. The fourth-order valence-electron chi connectivity index (χ4n) is 4.71. The summed E-state index contributed by atoms with van der Waals surface area (Å²) in [4.78, 5) is 29.3. The number of carbonyl (C=O) groups excluding carboxylic acids is 2. The highest BCUT2D eigenvalue weighted by molar-refractivity contribution is 7.89. The number of amides is 1. The Balaban J connectivity index is 1.68. The van der Waals surface area contributed by atoms with E-state index in [0.717, 1.165) is 17.8 Å². The van der Waals surface area contributed by atoms with Crippen molar-refractivity contribution in [2.75, 3.05) is 20.2 Å². The molecular formula is C25H30N4O7S3. The van der Waals surface area contributed by atoms with Crippen molar-refractivity contribution in [3.8, 4) is 0 Å². The highest BCUT2D eigenvalue weighted by atomic mass is 32.2. The fourth-order valence-corrected chi connectivity index (χ4v) is 8.10. The van der Waals surface area contributed by atoms with Crippen LogP contribution in [0.4, 0.5) is 0 Å². The summed E-state index contributed by atoms with van der Waals surface area (Å²) in [5.41, 5.74) is 0.741. The number of primary sulfonamides is 1. The van der Waals surface area contributed by atoms with Crippen LogP contribution in [-0.2, 0) is 36.1 Å². The largest absolute Gasteiger partial charge is 0.469 e. The summed E-state index contributed by atoms with van der Waals surface area (Å²) >= 11 is 1.06. The number of aromatic nitrogens is 1. The Morgan fingerprint density at radius 3 is 2.23 bits per heavy atom. The number of esters is 1. The zero-order valence-electron chi connectivity index (χ0n) is 21.7. The molecule has 2 heterocycles. The van der Waals surface area contributed by atoms with Gasteiger partial charge in [-0.1, -0.05) is 25.2 Å². The van der Waals surface area contributed by atoms with Gasteiger partial charge >= 0.3 is 5.97 Å². The topological polar surface area (TPSA) is 158 Å². The number of piperidine rings is 1. The number of fused-ring (bicyclic) bond motifs is 1. The molecule has 14 heteroatoms. The molecule has 0 radical (unpaired) electrons. The number of ether oxygens (including phenoxy) is 1. The molecule has 4 rings (SSSR count). The van der Waals surface area contributed by atoms with Crippen LogP contribution in [0.2, 0.25) is 0 Å². The van der Waals surface area contributed by atoms with E-state index in [9.17, 15) is 26.4 Å². The van der Waals surface area contributed by atoms with E-state index in [-0.39, 0.29) is 45.0 Å². The van der Waals surface area contributed by atoms with E-state index < -0.39 is 31.9 Å². The van der Waals surface area contributed by atoms with E-state index in [1.54, 1.807) is 4.57 Å². The number of hydrogen-bond donors (Lipinski definition) is 1. The second-order valence-corrected chi connectivity index (χ2v) is 14.3. The molecule has 0 saturated carbocycles. The van der Waals surface area contributed by atoms with Crippen molar-refractivity contribution in [3.63, 3.8) is 0 Å². The number of hydrogen-bond acceptors (Lipinski definition) is 8. The first kappa shape index (κ1) is 29.1. The molecule has 39 heavy (non-hydrogen) atoms. The number of benzene rings is 2. The van der Waals surface area contributed by atoms with Gasteiger partial charge in [-0.05, 0) is 60.7 Å². The third kappa shape index (κ3) is 6.47. The number of carbonyl (C=O) groups is 2. The normalized spacial score (nSPS) is 19.3. The van der Waals surface area contributed by atoms with Gasteiger partial charge in [-0.3, -0.25) is 9.59 Å². The predicted octanol–water partition coefficient (Wildman–Crippen LogP) is 2.32. The summed E-state index contributed by atoms with van der Waals surface area (Å²) in [6.45, 7) is 5.10. The second-order valence-electron chi connectivity index (χ2n) is 9.75. The summed E-state index contributed by atoms with van der Waals surface area (Å²) in [5, 5.41) is 5.26. The van der Waals surface area contributed by atoms with Crippen LogP contribution in [0.15, 0.2) is 57.2 Å². The minimum absolute atomic E-state index is 0.000933. The van der Waals surface area contributed by atoms with Crippen molar-refractivity contribution in [2.24, 2.45) is 22.0 Å². The molecule has 1 aliphatic heterocycles. The minimum Gasteiger partial charge on any atom is -0.469 e. The van der Waals surface area contributed by atoms with Gasteiger partial charge in [0, 0.05) is 25.2 Å². The van der Waals surface area contributed by atoms with Gasteiger partial charge in [0.25, 0.3) is 5.91 Å². The van der Waals surface area contributed by atoms with Gasteiger partial charge in [0.2, 0.25) is 20.0 Å². The lowest BCUT2D eigenvalue weighted by Crippen LogP contribution is -2.42. The number of methoxy groups -OCH3 is 1. The van der Waals surface area contributed by atoms with Crippen LogP contribution in [0.1, 0.15) is 37.0 Å². The van der Waals surface area contributed by atoms with Crippen LogP contribution < -0.4 is 9.94 Å². The lowest BCUT2D eigenvalue weighted by molar-refractivity contribution is -0.140. The van der Waals surface area contributed by atoms with E-state index >= 15 is 0 Å². The highest BCUT2D eigenvalue weighted by Crippen LogP contribution is 2.27. The van der Waals surface area contributed by atoms with Gasteiger partial charge in [0.05, 0.1) is 33.5 Å². The summed E-state index contributed by atoms with van der Waals surface area (Å²) in [6.07, 6.45) is 0.975. The maximum Gasteiger partial charge on any atom is 0.307 e. The van der Waals surface area contributed by atoms with Gasteiger partial charge in [-0.2, -0.15) is 9.30 Å². The smallest absolute Gasteiger partial charge is 0.307 e. The van der Waals surface area contributed by atoms with Gasteiger partial charge in [-0.25, -0.2) is 22.0 Å². The maximum atomic E-state index is 13.2. The van der Waals surface area contributed by atoms with Crippen LogP contribution in [0, 0.1) is 11.8 Å². The van der Waals surface area contributed by atoms with E-state index in [2.05, 4.69) is 4.99 Å². The molecule has 11 nitrogen and oxygen atoms in total. The first-order chi connectivity index (χ1) is 18.3. The Morgan fingerprint density at radius 1 is 1.03 bits per heavy atom. The second kappa shape index (κ2) is 11.3. The van der Waals surface area contributed by atoms with E-state index in [1.165, 1.54) is 53.9 Å².